The van der Waals surface area contributed by atoms with Crippen molar-refractivity contribution in [2.75, 3.05) is 17.1 Å². The summed E-state index contributed by atoms with van der Waals surface area (Å²) in [6.45, 7) is -0.302. The van der Waals surface area contributed by atoms with Gasteiger partial charge in [-0.2, -0.15) is 5.10 Å². The van der Waals surface area contributed by atoms with E-state index >= 15 is 0 Å². The first-order valence-corrected chi connectivity index (χ1v) is 11.6. The largest absolute Gasteiger partial charge is 0.271 e. The summed E-state index contributed by atoms with van der Waals surface area (Å²) < 4.78 is 26.0. The summed E-state index contributed by atoms with van der Waals surface area (Å²) in [5.41, 5.74) is 4.05. The van der Waals surface area contributed by atoms with Crippen LogP contribution in [0.5, 0.6) is 0 Å². The van der Waals surface area contributed by atoms with Gasteiger partial charge in [-0.3, -0.25) is 9.10 Å². The number of anilines is 1. The van der Waals surface area contributed by atoms with Gasteiger partial charge in [0.1, 0.15) is 6.54 Å². The molecule has 0 unspecified atom stereocenters. The third kappa shape index (κ3) is 5.32. The van der Waals surface area contributed by atoms with Crippen molar-refractivity contribution in [2.24, 2.45) is 5.10 Å². The van der Waals surface area contributed by atoms with Crippen LogP contribution in [0, 0.1) is 0 Å². The number of rotatable bonds is 5. The molecule has 2 aromatic rings. The maximum absolute atomic E-state index is 12.5. The molecule has 28 heavy (non-hydrogen) atoms. The zero-order valence-electron chi connectivity index (χ0n) is 16.2. The molecule has 1 aliphatic carbocycles. The Hall–Kier alpha value is -2.41. The highest BCUT2D eigenvalue weighted by molar-refractivity contribution is 7.92. The lowest BCUT2D eigenvalue weighted by Gasteiger charge is -2.23. The number of hydrazone groups is 1. The minimum atomic E-state index is -3.63. The number of hydrogen-bond acceptors (Lipinski definition) is 4. The van der Waals surface area contributed by atoms with E-state index in [2.05, 4.69) is 10.5 Å². The number of carbonyl (C=O) groups excluding carboxylic acids is 1. The molecule has 2 aromatic carbocycles. The van der Waals surface area contributed by atoms with Crippen LogP contribution >= 0.6 is 0 Å². The van der Waals surface area contributed by atoms with E-state index < -0.39 is 15.9 Å². The van der Waals surface area contributed by atoms with E-state index in [0.29, 0.717) is 5.69 Å². The maximum atomic E-state index is 12.5. The van der Waals surface area contributed by atoms with Crippen molar-refractivity contribution < 1.29 is 13.2 Å². The van der Waals surface area contributed by atoms with Crippen LogP contribution in [0.15, 0.2) is 47.6 Å². The Bertz CT molecular complexity index is 955. The van der Waals surface area contributed by atoms with Gasteiger partial charge >= 0.3 is 0 Å². The van der Waals surface area contributed by atoms with Gasteiger partial charge in [-0.25, -0.2) is 13.8 Å². The number of nitrogens with one attached hydrogen (secondary N) is 1. The van der Waals surface area contributed by atoms with Gasteiger partial charge in [0.05, 0.1) is 11.9 Å². The van der Waals surface area contributed by atoms with Gasteiger partial charge in [-0.1, -0.05) is 55.7 Å². The van der Waals surface area contributed by atoms with E-state index in [0.717, 1.165) is 52.7 Å². The molecular formula is C21H27N3O3S. The van der Waals surface area contributed by atoms with Crippen LogP contribution in [0.25, 0.3) is 10.8 Å². The van der Waals surface area contributed by atoms with Crippen LogP contribution in [0.4, 0.5) is 5.69 Å². The van der Waals surface area contributed by atoms with Crippen LogP contribution in [0.3, 0.4) is 0 Å². The number of hydrogen-bond donors (Lipinski definition) is 1. The lowest BCUT2D eigenvalue weighted by molar-refractivity contribution is -0.119. The molecule has 0 heterocycles. The van der Waals surface area contributed by atoms with Gasteiger partial charge in [0, 0.05) is 11.1 Å². The van der Waals surface area contributed by atoms with E-state index in [1.807, 2.05) is 30.3 Å². The topological polar surface area (TPSA) is 78.8 Å². The molecule has 1 N–H and O–H groups in total. The van der Waals surface area contributed by atoms with E-state index in [4.69, 9.17) is 0 Å². The zero-order chi connectivity index (χ0) is 20.0. The standard InChI is InChI=1S/C21H27N3O3S/c1-28(26,27)24(20-15-9-11-17-10-7-8-14-19(17)20)16-21(25)23-22-18-12-5-3-2-4-6-13-18/h7-11,14-15H,2-6,12-13,16H2,1H3,(H,23,25). The first-order valence-electron chi connectivity index (χ1n) is 9.75. The molecule has 0 atom stereocenters. The maximum Gasteiger partial charge on any atom is 0.260 e. The van der Waals surface area contributed by atoms with E-state index in [-0.39, 0.29) is 6.54 Å². The second-order valence-corrected chi connectivity index (χ2v) is 9.16. The fourth-order valence-electron chi connectivity index (χ4n) is 3.54. The third-order valence-corrected chi connectivity index (χ3v) is 6.12. The van der Waals surface area contributed by atoms with E-state index in [9.17, 15) is 13.2 Å². The van der Waals surface area contributed by atoms with Crippen molar-refractivity contribution in [2.45, 2.75) is 44.9 Å². The van der Waals surface area contributed by atoms with Crippen LogP contribution < -0.4 is 9.73 Å². The quantitative estimate of drug-likeness (QED) is 0.774. The normalized spacial score (nSPS) is 15.5. The lowest BCUT2D eigenvalue weighted by Crippen LogP contribution is -2.39. The number of sulfonamides is 1. The van der Waals surface area contributed by atoms with Gasteiger partial charge < -0.3 is 0 Å². The molecule has 1 fully saturated rings. The first kappa shape index (κ1) is 20.3. The number of nitrogens with zero attached hydrogens (tertiary/aromatic N) is 2. The summed E-state index contributed by atoms with van der Waals surface area (Å²) in [6.07, 6.45) is 8.70. The van der Waals surface area contributed by atoms with Crippen LogP contribution in [0.2, 0.25) is 0 Å². The molecule has 150 valence electrons. The fraction of sp³-hybridized carbons (Fsp3) is 0.429. The van der Waals surface area contributed by atoms with E-state index in [1.165, 1.54) is 19.3 Å². The molecule has 0 radical (unpaired) electrons. The SMILES string of the molecule is CS(=O)(=O)N(CC(=O)NN=C1CCCCCCC1)c1cccc2ccccc12. The van der Waals surface area contributed by atoms with Crippen molar-refractivity contribution in [3.05, 3.63) is 42.5 Å². The highest BCUT2D eigenvalue weighted by atomic mass is 32.2. The Morgan fingerprint density at radius 3 is 2.36 bits per heavy atom. The van der Waals surface area contributed by atoms with Gasteiger partial charge in [-0.05, 0) is 37.1 Å². The summed E-state index contributed by atoms with van der Waals surface area (Å²) in [4.78, 5) is 12.5. The zero-order valence-corrected chi connectivity index (χ0v) is 17.0. The summed E-state index contributed by atoms with van der Waals surface area (Å²) in [5.74, 6) is -0.437. The molecule has 0 aromatic heterocycles. The fourth-order valence-corrected chi connectivity index (χ4v) is 4.41. The molecule has 0 bridgehead atoms. The monoisotopic (exact) mass is 401 g/mol. The average Bonchev–Trinajstić information content (AvgIpc) is 2.64. The number of amides is 1. The minimum Gasteiger partial charge on any atom is -0.271 e. The molecule has 7 heteroatoms. The Morgan fingerprint density at radius 2 is 1.64 bits per heavy atom. The molecule has 0 spiro atoms. The van der Waals surface area contributed by atoms with E-state index in [1.54, 1.807) is 12.1 Å². The average molecular weight is 402 g/mol. The van der Waals surface area contributed by atoms with Crippen molar-refractivity contribution in [1.29, 1.82) is 0 Å². The molecular weight excluding hydrogens is 374 g/mol. The van der Waals surface area contributed by atoms with Gasteiger partial charge in [-0.15, -0.1) is 0 Å². The third-order valence-electron chi connectivity index (χ3n) is 4.99. The minimum absolute atomic E-state index is 0.302. The van der Waals surface area contributed by atoms with Gasteiger partial charge in [0.15, 0.2) is 0 Å². The van der Waals surface area contributed by atoms with Crippen LogP contribution in [-0.2, 0) is 14.8 Å². The predicted octanol–water partition coefficient (Wildman–Crippen LogP) is 3.82. The summed E-state index contributed by atoms with van der Waals surface area (Å²) in [7, 11) is -3.63. The second kappa shape index (κ2) is 9.19. The van der Waals surface area contributed by atoms with Crippen molar-refractivity contribution in [1.82, 2.24) is 5.43 Å². The Labute approximate surface area is 166 Å². The highest BCUT2D eigenvalue weighted by Gasteiger charge is 2.22. The number of fused-ring (bicyclic) bond motifs is 1. The summed E-state index contributed by atoms with van der Waals surface area (Å²) in [6, 6.07) is 13.0. The lowest BCUT2D eigenvalue weighted by atomic mass is 9.99. The first-order chi connectivity index (χ1) is 13.4. The molecule has 6 nitrogen and oxygen atoms in total. The number of benzene rings is 2. The summed E-state index contributed by atoms with van der Waals surface area (Å²) in [5, 5.41) is 5.98. The second-order valence-electron chi connectivity index (χ2n) is 7.25. The molecule has 1 amide bonds. The Balaban J connectivity index is 1.78. The molecule has 0 aliphatic heterocycles. The molecule has 3 rings (SSSR count). The van der Waals surface area contributed by atoms with Gasteiger partial charge in [0.2, 0.25) is 10.0 Å². The Morgan fingerprint density at radius 1 is 1.00 bits per heavy atom. The highest BCUT2D eigenvalue weighted by Crippen LogP contribution is 2.28. The number of carbonyl (C=O) groups is 1. The van der Waals surface area contributed by atoms with Crippen molar-refractivity contribution >= 4 is 38.1 Å². The smallest absolute Gasteiger partial charge is 0.260 e. The molecule has 0 saturated heterocycles. The van der Waals surface area contributed by atoms with Gasteiger partial charge in [0.25, 0.3) is 5.91 Å². The molecule has 1 saturated carbocycles. The summed E-state index contributed by atoms with van der Waals surface area (Å²) >= 11 is 0. The Kier molecular flexibility index (Phi) is 6.67. The van der Waals surface area contributed by atoms with Crippen LogP contribution in [-0.4, -0.2) is 32.8 Å². The van der Waals surface area contributed by atoms with Crippen molar-refractivity contribution in [3.8, 4) is 0 Å². The predicted molar refractivity (Wildman–Crippen MR) is 114 cm³/mol. The van der Waals surface area contributed by atoms with Crippen LogP contribution in [0.1, 0.15) is 44.9 Å². The molecule has 1 aliphatic rings. The van der Waals surface area contributed by atoms with Crippen molar-refractivity contribution in [3.63, 3.8) is 0 Å².